The largest absolute Gasteiger partial charge is 0.478 e. The maximum atomic E-state index is 13.8. The lowest BCUT2D eigenvalue weighted by atomic mass is 10.2. The minimum atomic E-state index is -1.23. The molecular weight excluding hydrogens is 289 g/mol. The number of anilines is 1. The summed E-state index contributed by atoms with van der Waals surface area (Å²) >= 11 is 0. The zero-order valence-corrected chi connectivity index (χ0v) is 11.8. The Morgan fingerprint density at radius 2 is 2.09 bits per heavy atom. The van der Waals surface area contributed by atoms with Crippen LogP contribution in [0.3, 0.4) is 0 Å². The predicted octanol–water partition coefficient (Wildman–Crippen LogP) is 2.39. The normalized spacial score (nSPS) is 13.9. The third kappa shape index (κ3) is 2.69. The zero-order chi connectivity index (χ0) is 15.9. The molecule has 6 nitrogen and oxygen atoms in total. The van der Waals surface area contributed by atoms with E-state index >= 15 is 0 Å². The summed E-state index contributed by atoms with van der Waals surface area (Å²) in [6.45, 7) is 0. The van der Waals surface area contributed by atoms with Crippen LogP contribution in [-0.4, -0.2) is 26.8 Å². The molecule has 0 spiro atoms. The first kappa shape index (κ1) is 14.2. The van der Waals surface area contributed by atoms with Crippen molar-refractivity contribution in [2.24, 2.45) is 7.05 Å². The molecule has 7 heteroatoms. The van der Waals surface area contributed by atoms with Crippen LogP contribution >= 0.6 is 0 Å². The van der Waals surface area contributed by atoms with Crippen molar-refractivity contribution in [2.45, 2.75) is 18.8 Å². The zero-order valence-electron chi connectivity index (χ0n) is 11.8. The lowest BCUT2D eigenvalue weighted by Crippen LogP contribution is -2.14. The standard InChI is InChI=1S/C15H14FN3O3/c1-19-13(8-2-3-8)7-12(18-19)14(20)17-11-5-4-9(15(21)22)6-10(11)16/h4-8H,2-3H2,1H3,(H,17,20)(H,21,22). The van der Waals surface area contributed by atoms with Gasteiger partial charge in [-0.05, 0) is 37.1 Å². The average Bonchev–Trinajstić information content (AvgIpc) is 3.23. The van der Waals surface area contributed by atoms with Gasteiger partial charge in [0.05, 0.1) is 11.3 Å². The molecular formula is C15H14FN3O3. The van der Waals surface area contributed by atoms with Crippen LogP contribution in [0.5, 0.6) is 0 Å². The second kappa shape index (κ2) is 5.25. The van der Waals surface area contributed by atoms with E-state index in [0.717, 1.165) is 24.6 Å². The summed E-state index contributed by atoms with van der Waals surface area (Å²) in [5.41, 5.74) is 0.955. The summed E-state index contributed by atoms with van der Waals surface area (Å²) < 4.78 is 15.5. The van der Waals surface area contributed by atoms with Gasteiger partial charge in [0.25, 0.3) is 5.91 Å². The highest BCUT2D eigenvalue weighted by Gasteiger charge is 2.28. The molecule has 1 amide bonds. The van der Waals surface area contributed by atoms with Gasteiger partial charge >= 0.3 is 5.97 Å². The number of nitrogens with zero attached hydrogens (tertiary/aromatic N) is 2. The minimum absolute atomic E-state index is 0.0753. The Kier molecular flexibility index (Phi) is 3.40. The van der Waals surface area contributed by atoms with Crippen LogP contribution in [-0.2, 0) is 7.05 Å². The summed E-state index contributed by atoms with van der Waals surface area (Å²) in [7, 11) is 1.77. The van der Waals surface area contributed by atoms with E-state index in [1.54, 1.807) is 17.8 Å². The fourth-order valence-electron chi connectivity index (χ4n) is 2.29. The van der Waals surface area contributed by atoms with Crippen molar-refractivity contribution in [3.63, 3.8) is 0 Å². The van der Waals surface area contributed by atoms with Crippen LogP contribution in [0.4, 0.5) is 10.1 Å². The molecule has 0 radical (unpaired) electrons. The number of aromatic carboxylic acids is 1. The van der Waals surface area contributed by atoms with Gasteiger partial charge < -0.3 is 10.4 Å². The molecule has 3 rings (SSSR count). The van der Waals surface area contributed by atoms with Crippen molar-refractivity contribution < 1.29 is 19.1 Å². The molecule has 1 saturated carbocycles. The fraction of sp³-hybridized carbons (Fsp3) is 0.267. The molecule has 0 unspecified atom stereocenters. The number of carboxylic acid groups (broad SMARTS) is 1. The molecule has 0 atom stereocenters. The van der Waals surface area contributed by atoms with Crippen LogP contribution < -0.4 is 5.32 Å². The Morgan fingerprint density at radius 3 is 2.68 bits per heavy atom. The van der Waals surface area contributed by atoms with E-state index in [-0.39, 0.29) is 16.9 Å². The number of aryl methyl sites for hydroxylation is 1. The Morgan fingerprint density at radius 1 is 1.36 bits per heavy atom. The average molecular weight is 303 g/mol. The summed E-state index contributed by atoms with van der Waals surface area (Å²) in [4.78, 5) is 22.9. The highest BCUT2D eigenvalue weighted by atomic mass is 19.1. The minimum Gasteiger partial charge on any atom is -0.478 e. The SMILES string of the molecule is Cn1nc(C(=O)Nc2ccc(C(=O)O)cc2F)cc1C1CC1. The maximum Gasteiger partial charge on any atom is 0.335 e. The molecule has 1 aromatic heterocycles. The van der Waals surface area contributed by atoms with Gasteiger partial charge in [0.2, 0.25) is 0 Å². The number of carboxylic acids is 1. The number of nitrogens with one attached hydrogen (secondary N) is 1. The van der Waals surface area contributed by atoms with Crippen LogP contribution in [0, 0.1) is 5.82 Å². The molecule has 0 aliphatic heterocycles. The van der Waals surface area contributed by atoms with Gasteiger partial charge in [-0.1, -0.05) is 0 Å². The summed E-state index contributed by atoms with van der Waals surface area (Å²) in [6, 6.07) is 5.03. The summed E-state index contributed by atoms with van der Waals surface area (Å²) in [5.74, 6) is -2.10. The third-order valence-electron chi connectivity index (χ3n) is 3.61. The van der Waals surface area contributed by atoms with Crippen LogP contribution in [0.2, 0.25) is 0 Å². The van der Waals surface area contributed by atoms with E-state index in [1.165, 1.54) is 12.1 Å². The van der Waals surface area contributed by atoms with E-state index in [1.807, 2.05) is 0 Å². The molecule has 0 bridgehead atoms. The first-order valence-corrected chi connectivity index (χ1v) is 6.84. The molecule has 1 heterocycles. The van der Waals surface area contributed by atoms with Crippen molar-refractivity contribution >= 4 is 17.6 Å². The lowest BCUT2D eigenvalue weighted by molar-refractivity contribution is 0.0696. The van der Waals surface area contributed by atoms with Gasteiger partial charge in [0, 0.05) is 18.7 Å². The monoisotopic (exact) mass is 303 g/mol. The molecule has 22 heavy (non-hydrogen) atoms. The van der Waals surface area contributed by atoms with Crippen LogP contribution in [0.15, 0.2) is 24.3 Å². The Labute approximate surface area is 125 Å². The Balaban J connectivity index is 1.79. The maximum absolute atomic E-state index is 13.8. The number of rotatable bonds is 4. The molecule has 1 aliphatic carbocycles. The van der Waals surface area contributed by atoms with E-state index in [0.29, 0.717) is 5.92 Å². The highest BCUT2D eigenvalue weighted by molar-refractivity contribution is 6.03. The number of hydrogen-bond donors (Lipinski definition) is 2. The molecule has 1 fully saturated rings. The van der Waals surface area contributed by atoms with Gasteiger partial charge in [-0.15, -0.1) is 0 Å². The van der Waals surface area contributed by atoms with Crippen molar-refractivity contribution in [2.75, 3.05) is 5.32 Å². The van der Waals surface area contributed by atoms with E-state index in [2.05, 4.69) is 10.4 Å². The Hall–Kier alpha value is -2.70. The van der Waals surface area contributed by atoms with Gasteiger partial charge in [-0.25, -0.2) is 9.18 Å². The first-order chi connectivity index (χ1) is 10.5. The lowest BCUT2D eigenvalue weighted by Gasteiger charge is -2.05. The number of hydrogen-bond acceptors (Lipinski definition) is 3. The molecule has 0 saturated heterocycles. The number of amides is 1. The molecule has 2 N–H and O–H groups in total. The molecule has 1 aliphatic rings. The van der Waals surface area contributed by atoms with Crippen molar-refractivity contribution in [3.05, 3.63) is 47.0 Å². The van der Waals surface area contributed by atoms with Crippen molar-refractivity contribution in [1.82, 2.24) is 9.78 Å². The van der Waals surface area contributed by atoms with Gasteiger partial charge in [-0.2, -0.15) is 5.10 Å². The van der Waals surface area contributed by atoms with Crippen molar-refractivity contribution in [1.29, 1.82) is 0 Å². The number of benzene rings is 1. The van der Waals surface area contributed by atoms with E-state index < -0.39 is 17.7 Å². The van der Waals surface area contributed by atoms with E-state index in [9.17, 15) is 14.0 Å². The number of halogens is 1. The van der Waals surface area contributed by atoms with Crippen molar-refractivity contribution in [3.8, 4) is 0 Å². The smallest absolute Gasteiger partial charge is 0.335 e. The predicted molar refractivity (Wildman–Crippen MR) is 76.5 cm³/mol. The van der Waals surface area contributed by atoms with Crippen LogP contribution in [0.25, 0.3) is 0 Å². The summed E-state index contributed by atoms with van der Waals surface area (Å²) in [5, 5.41) is 15.3. The van der Waals surface area contributed by atoms with Gasteiger partial charge in [0.15, 0.2) is 5.69 Å². The first-order valence-electron chi connectivity index (χ1n) is 6.84. The molecule has 2 aromatic rings. The summed E-state index contributed by atoms with van der Waals surface area (Å²) in [6.07, 6.45) is 2.18. The topological polar surface area (TPSA) is 84.2 Å². The quantitative estimate of drug-likeness (QED) is 0.908. The molecule has 1 aromatic carbocycles. The molecule has 114 valence electrons. The van der Waals surface area contributed by atoms with Gasteiger partial charge in [-0.3, -0.25) is 9.48 Å². The number of aromatic nitrogens is 2. The number of carbonyl (C=O) groups excluding carboxylic acids is 1. The van der Waals surface area contributed by atoms with Gasteiger partial charge in [0.1, 0.15) is 5.82 Å². The fourth-order valence-corrected chi connectivity index (χ4v) is 2.29. The van der Waals surface area contributed by atoms with Crippen LogP contribution in [0.1, 0.15) is 45.3 Å². The number of carbonyl (C=O) groups is 2. The second-order valence-electron chi connectivity index (χ2n) is 5.31. The highest BCUT2D eigenvalue weighted by Crippen LogP contribution is 2.39. The third-order valence-corrected chi connectivity index (χ3v) is 3.61. The second-order valence-corrected chi connectivity index (χ2v) is 5.31. The van der Waals surface area contributed by atoms with E-state index in [4.69, 9.17) is 5.11 Å². The Bertz CT molecular complexity index is 765.